The number of carboxylic acid groups (broad SMARTS) is 1. The lowest BCUT2D eigenvalue weighted by Gasteiger charge is -2.36. The lowest BCUT2D eigenvalue weighted by molar-refractivity contribution is -0.154. The molecule has 1 saturated carbocycles. The van der Waals surface area contributed by atoms with Crippen molar-refractivity contribution in [2.75, 3.05) is 0 Å². The minimum atomic E-state index is -0.937. The fourth-order valence-electron chi connectivity index (χ4n) is 3.56. The van der Waals surface area contributed by atoms with Crippen LogP contribution in [0.15, 0.2) is 42.7 Å². The molecule has 1 N–H and O–H groups in total. The summed E-state index contributed by atoms with van der Waals surface area (Å²) in [4.78, 5) is 26.4. The molecule has 0 unspecified atom stereocenters. The van der Waals surface area contributed by atoms with Crippen LogP contribution >= 0.6 is 0 Å². The first-order valence-corrected chi connectivity index (χ1v) is 8.17. The maximum atomic E-state index is 13.2. The number of aromatic nitrogens is 2. The van der Waals surface area contributed by atoms with Crippen LogP contribution in [0.1, 0.15) is 24.0 Å². The third-order valence-electron chi connectivity index (χ3n) is 5.13. The highest BCUT2D eigenvalue weighted by Crippen LogP contribution is 2.49. The van der Waals surface area contributed by atoms with Gasteiger partial charge in [-0.25, -0.2) is 4.79 Å². The number of carbonyl (C=O) groups is 2. The van der Waals surface area contributed by atoms with E-state index >= 15 is 0 Å². The number of carboxylic acids is 1. The number of fused-ring (bicyclic) bond motifs is 1. The molecule has 1 aliphatic heterocycles. The largest absolute Gasteiger partial charge is 0.480 e. The Kier molecular flexibility index (Phi) is 3.40. The van der Waals surface area contributed by atoms with Gasteiger partial charge < -0.3 is 10.0 Å². The van der Waals surface area contributed by atoms with E-state index in [4.69, 9.17) is 0 Å². The number of rotatable bonds is 4. The molecule has 4 rings (SSSR count). The van der Waals surface area contributed by atoms with Gasteiger partial charge in [0.15, 0.2) is 0 Å². The van der Waals surface area contributed by atoms with Gasteiger partial charge in [-0.05, 0) is 30.0 Å². The molecule has 6 heteroatoms. The Morgan fingerprint density at radius 1 is 1.21 bits per heavy atom. The second kappa shape index (κ2) is 5.47. The molecule has 24 heavy (non-hydrogen) atoms. The van der Waals surface area contributed by atoms with E-state index in [1.165, 1.54) is 0 Å². The van der Waals surface area contributed by atoms with Gasteiger partial charge >= 0.3 is 5.97 Å². The normalized spacial score (nSPS) is 21.2. The molecule has 0 spiro atoms. The number of hydrogen-bond acceptors (Lipinski definition) is 3. The summed E-state index contributed by atoms with van der Waals surface area (Å²) < 4.78 is 1.76. The summed E-state index contributed by atoms with van der Waals surface area (Å²) in [5.41, 5.74) is 1.57. The van der Waals surface area contributed by atoms with Crippen LogP contribution in [0.2, 0.25) is 0 Å². The third-order valence-corrected chi connectivity index (χ3v) is 5.13. The van der Waals surface area contributed by atoms with E-state index in [9.17, 15) is 14.7 Å². The quantitative estimate of drug-likeness (QED) is 0.928. The van der Waals surface area contributed by atoms with Crippen molar-refractivity contribution in [2.24, 2.45) is 5.41 Å². The van der Waals surface area contributed by atoms with Crippen LogP contribution in [0.4, 0.5) is 0 Å². The SMILES string of the molecule is O=C(O)[C@@H]1Cc2ccccc2CN1C(=O)C1(Cn2cccn2)CC1. The number of nitrogens with zero attached hydrogens (tertiary/aromatic N) is 3. The van der Waals surface area contributed by atoms with Gasteiger partial charge in [0.05, 0.1) is 12.0 Å². The molecular formula is C18H19N3O3. The first kappa shape index (κ1) is 14.9. The predicted molar refractivity (Wildman–Crippen MR) is 86.0 cm³/mol. The minimum absolute atomic E-state index is 0.0556. The Morgan fingerprint density at radius 2 is 1.96 bits per heavy atom. The molecule has 0 radical (unpaired) electrons. The fraction of sp³-hybridized carbons (Fsp3) is 0.389. The van der Waals surface area contributed by atoms with E-state index in [1.54, 1.807) is 15.8 Å². The highest BCUT2D eigenvalue weighted by atomic mass is 16.4. The highest BCUT2D eigenvalue weighted by Gasteiger charge is 2.54. The van der Waals surface area contributed by atoms with Gasteiger partial charge in [-0.3, -0.25) is 9.48 Å². The summed E-state index contributed by atoms with van der Waals surface area (Å²) in [7, 11) is 0. The van der Waals surface area contributed by atoms with Crippen LogP contribution in [0.3, 0.4) is 0 Å². The average molecular weight is 325 g/mol. The summed E-state index contributed by atoms with van der Waals surface area (Å²) in [6.45, 7) is 0.885. The summed E-state index contributed by atoms with van der Waals surface area (Å²) in [5, 5.41) is 13.8. The molecule has 6 nitrogen and oxygen atoms in total. The van der Waals surface area contributed by atoms with Crippen molar-refractivity contribution in [3.05, 3.63) is 53.9 Å². The van der Waals surface area contributed by atoms with E-state index in [2.05, 4.69) is 5.10 Å². The van der Waals surface area contributed by atoms with Crippen molar-refractivity contribution in [1.29, 1.82) is 0 Å². The summed E-state index contributed by atoms with van der Waals surface area (Å²) in [6, 6.07) is 8.80. The summed E-state index contributed by atoms with van der Waals surface area (Å²) in [6.07, 6.45) is 5.48. The Balaban J connectivity index is 1.62. The molecule has 1 aliphatic carbocycles. The van der Waals surface area contributed by atoms with E-state index in [0.717, 1.165) is 24.0 Å². The van der Waals surface area contributed by atoms with Crippen molar-refractivity contribution in [2.45, 2.75) is 38.4 Å². The van der Waals surface area contributed by atoms with Crippen LogP contribution in [0, 0.1) is 5.41 Å². The van der Waals surface area contributed by atoms with Gasteiger partial charge in [0.1, 0.15) is 6.04 Å². The topological polar surface area (TPSA) is 75.4 Å². The molecule has 0 bridgehead atoms. The third kappa shape index (κ3) is 2.48. The maximum absolute atomic E-state index is 13.2. The molecule has 1 fully saturated rings. The zero-order valence-electron chi connectivity index (χ0n) is 13.3. The van der Waals surface area contributed by atoms with Crippen molar-refractivity contribution in [3.8, 4) is 0 Å². The van der Waals surface area contributed by atoms with Gasteiger partial charge in [-0.1, -0.05) is 24.3 Å². The van der Waals surface area contributed by atoms with Gasteiger partial charge in [-0.2, -0.15) is 5.10 Å². The highest BCUT2D eigenvalue weighted by molar-refractivity contribution is 5.90. The van der Waals surface area contributed by atoms with Gasteiger partial charge in [0.2, 0.25) is 5.91 Å². The first-order valence-electron chi connectivity index (χ1n) is 8.17. The Labute approximate surface area is 139 Å². The fourth-order valence-corrected chi connectivity index (χ4v) is 3.56. The predicted octanol–water partition coefficient (Wildman–Crippen LogP) is 1.70. The Morgan fingerprint density at radius 3 is 2.58 bits per heavy atom. The van der Waals surface area contributed by atoms with Crippen LogP contribution in [0.5, 0.6) is 0 Å². The smallest absolute Gasteiger partial charge is 0.326 e. The van der Waals surface area contributed by atoms with Crippen LogP contribution in [0.25, 0.3) is 0 Å². The van der Waals surface area contributed by atoms with Crippen molar-refractivity contribution < 1.29 is 14.7 Å². The molecular weight excluding hydrogens is 306 g/mol. The maximum Gasteiger partial charge on any atom is 0.326 e. The number of amides is 1. The molecule has 1 aromatic heterocycles. The van der Waals surface area contributed by atoms with E-state index in [1.807, 2.05) is 36.5 Å². The van der Waals surface area contributed by atoms with E-state index in [0.29, 0.717) is 19.5 Å². The Hall–Kier alpha value is -2.63. The number of benzene rings is 1. The van der Waals surface area contributed by atoms with Gasteiger partial charge in [0, 0.05) is 25.4 Å². The Bertz CT molecular complexity index is 781. The molecule has 1 amide bonds. The van der Waals surface area contributed by atoms with Crippen LogP contribution in [-0.4, -0.2) is 37.7 Å². The first-order chi connectivity index (χ1) is 11.6. The zero-order chi connectivity index (χ0) is 16.7. The van der Waals surface area contributed by atoms with Crippen molar-refractivity contribution >= 4 is 11.9 Å². The average Bonchev–Trinajstić information content (AvgIpc) is 3.18. The van der Waals surface area contributed by atoms with Crippen LogP contribution in [-0.2, 0) is 29.1 Å². The number of aliphatic carboxylic acids is 1. The molecule has 1 aromatic carbocycles. The summed E-state index contributed by atoms with van der Waals surface area (Å²) >= 11 is 0. The molecule has 0 saturated heterocycles. The standard InChI is InChI=1S/C18H19N3O3/c22-16(23)15-10-13-4-1-2-5-14(13)11-21(15)17(24)18(6-7-18)12-20-9-3-8-19-20/h1-5,8-9,15H,6-7,10-12H2,(H,22,23)/t15-/m0/s1. The second-order valence-electron chi connectivity index (χ2n) is 6.74. The monoisotopic (exact) mass is 325 g/mol. The summed E-state index contributed by atoms with van der Waals surface area (Å²) in [5.74, 6) is -0.993. The van der Waals surface area contributed by atoms with E-state index in [-0.39, 0.29) is 5.91 Å². The molecule has 2 heterocycles. The minimum Gasteiger partial charge on any atom is -0.480 e. The molecule has 1 atom stereocenters. The lowest BCUT2D eigenvalue weighted by atomic mass is 9.92. The van der Waals surface area contributed by atoms with Crippen molar-refractivity contribution in [1.82, 2.24) is 14.7 Å². The zero-order valence-corrected chi connectivity index (χ0v) is 13.3. The number of hydrogen-bond donors (Lipinski definition) is 1. The van der Waals surface area contributed by atoms with Gasteiger partial charge in [0.25, 0.3) is 0 Å². The molecule has 2 aliphatic rings. The van der Waals surface area contributed by atoms with Crippen LogP contribution < -0.4 is 0 Å². The van der Waals surface area contributed by atoms with Gasteiger partial charge in [-0.15, -0.1) is 0 Å². The second-order valence-corrected chi connectivity index (χ2v) is 6.74. The molecule has 124 valence electrons. The van der Waals surface area contributed by atoms with E-state index < -0.39 is 17.4 Å². The molecule has 2 aromatic rings. The number of carbonyl (C=O) groups excluding carboxylic acids is 1. The lowest BCUT2D eigenvalue weighted by Crippen LogP contribution is -2.51. The van der Waals surface area contributed by atoms with Crippen molar-refractivity contribution in [3.63, 3.8) is 0 Å².